The Balaban J connectivity index is 1.71. The Kier molecular flexibility index (Phi) is 5.49. The summed E-state index contributed by atoms with van der Waals surface area (Å²) in [7, 11) is 0. The highest BCUT2D eigenvalue weighted by atomic mass is 32.1. The number of nitrogens with two attached hydrogens (primary N) is 1. The Labute approximate surface area is 122 Å². The lowest BCUT2D eigenvalue weighted by Crippen LogP contribution is -2.44. The second-order valence-corrected chi connectivity index (χ2v) is 5.88. The third kappa shape index (κ3) is 4.28. The molecule has 20 heavy (non-hydrogen) atoms. The van der Waals surface area contributed by atoms with Crippen molar-refractivity contribution in [2.45, 2.75) is 44.2 Å². The number of amides is 2. The van der Waals surface area contributed by atoms with E-state index in [1.54, 1.807) is 11.7 Å². The third-order valence-electron chi connectivity index (χ3n) is 3.46. The molecule has 6 nitrogen and oxygen atoms in total. The molecule has 1 aliphatic carbocycles. The number of nitrogens with one attached hydrogen (secondary N) is 2. The van der Waals surface area contributed by atoms with Gasteiger partial charge in [-0.05, 0) is 25.7 Å². The molecule has 0 unspecified atom stereocenters. The number of carbonyl (C=O) groups is 2. The molecule has 110 valence electrons. The van der Waals surface area contributed by atoms with E-state index in [9.17, 15) is 9.59 Å². The summed E-state index contributed by atoms with van der Waals surface area (Å²) >= 11 is 1.34. The van der Waals surface area contributed by atoms with Gasteiger partial charge in [0, 0.05) is 25.0 Å². The maximum absolute atomic E-state index is 11.9. The topological polar surface area (TPSA) is 97.1 Å². The summed E-state index contributed by atoms with van der Waals surface area (Å²) in [4.78, 5) is 27.9. The highest BCUT2D eigenvalue weighted by molar-refractivity contribution is 7.11. The van der Waals surface area contributed by atoms with Crippen molar-refractivity contribution in [1.82, 2.24) is 15.6 Å². The summed E-state index contributed by atoms with van der Waals surface area (Å²) in [5.74, 6) is -0.0345. The fourth-order valence-corrected chi connectivity index (χ4v) is 2.92. The maximum atomic E-state index is 11.9. The van der Waals surface area contributed by atoms with Gasteiger partial charge in [0.05, 0.1) is 11.7 Å². The first-order valence-corrected chi connectivity index (χ1v) is 7.75. The lowest BCUT2D eigenvalue weighted by atomic mass is 9.91. The van der Waals surface area contributed by atoms with E-state index in [0.29, 0.717) is 17.8 Å². The van der Waals surface area contributed by atoms with Crippen molar-refractivity contribution in [3.63, 3.8) is 0 Å². The molecule has 0 bridgehead atoms. The van der Waals surface area contributed by atoms with Crippen molar-refractivity contribution in [2.24, 2.45) is 5.73 Å². The molecule has 1 fully saturated rings. The first-order chi connectivity index (χ1) is 9.69. The molecule has 0 spiro atoms. The smallest absolute Gasteiger partial charge is 0.263 e. The number of carbonyl (C=O) groups excluding carboxylic acids is 2. The minimum absolute atomic E-state index is 0.0182. The number of nitrogens with zero attached hydrogens (tertiary/aromatic N) is 1. The largest absolute Gasteiger partial charge is 0.353 e. The fourth-order valence-electron chi connectivity index (χ4n) is 2.40. The summed E-state index contributed by atoms with van der Waals surface area (Å²) in [5.41, 5.74) is 7.00. The van der Waals surface area contributed by atoms with Crippen molar-refractivity contribution in [3.8, 4) is 0 Å². The van der Waals surface area contributed by atoms with Gasteiger partial charge in [0.15, 0.2) is 0 Å². The summed E-state index contributed by atoms with van der Waals surface area (Å²) in [6.07, 6.45) is 5.52. The van der Waals surface area contributed by atoms with Crippen LogP contribution in [0.5, 0.6) is 0 Å². The highest BCUT2D eigenvalue weighted by Gasteiger charge is 2.23. The van der Waals surface area contributed by atoms with Gasteiger partial charge in [-0.15, -0.1) is 11.3 Å². The zero-order valence-corrected chi connectivity index (χ0v) is 12.1. The number of hydrogen-bond donors (Lipinski definition) is 3. The van der Waals surface area contributed by atoms with Gasteiger partial charge in [0.25, 0.3) is 5.91 Å². The van der Waals surface area contributed by atoms with E-state index in [4.69, 9.17) is 5.73 Å². The van der Waals surface area contributed by atoms with Crippen LogP contribution < -0.4 is 16.4 Å². The summed E-state index contributed by atoms with van der Waals surface area (Å²) in [6.45, 7) is 0.381. The molecular weight excluding hydrogens is 276 g/mol. The summed E-state index contributed by atoms with van der Waals surface area (Å²) in [5, 5.41) is 6.00. The van der Waals surface area contributed by atoms with Gasteiger partial charge in [0.1, 0.15) is 4.88 Å². The Bertz CT molecular complexity index is 441. The molecule has 1 aliphatic rings. The van der Waals surface area contributed by atoms with E-state index >= 15 is 0 Å². The lowest BCUT2D eigenvalue weighted by molar-refractivity contribution is -0.121. The van der Waals surface area contributed by atoms with Gasteiger partial charge in [0.2, 0.25) is 5.91 Å². The average molecular weight is 296 g/mol. The van der Waals surface area contributed by atoms with Crippen molar-refractivity contribution in [3.05, 3.63) is 16.6 Å². The molecule has 1 saturated carbocycles. The molecule has 1 heterocycles. The number of thiazole rings is 1. The van der Waals surface area contributed by atoms with Crippen LogP contribution in [0.1, 0.15) is 41.8 Å². The average Bonchev–Trinajstić information content (AvgIpc) is 2.95. The SMILES string of the molecule is NCCC(=O)N[C@H]1CC[C@H](NC(=O)c2cncs2)CC1. The number of rotatable bonds is 5. The molecular formula is C13H20N4O2S. The van der Waals surface area contributed by atoms with Crippen LogP contribution in [0.2, 0.25) is 0 Å². The zero-order valence-electron chi connectivity index (χ0n) is 11.3. The molecule has 1 aromatic heterocycles. The Morgan fingerprint density at radius 3 is 2.45 bits per heavy atom. The lowest BCUT2D eigenvalue weighted by Gasteiger charge is -2.29. The fraction of sp³-hybridized carbons (Fsp3) is 0.615. The minimum atomic E-state index is -0.0527. The minimum Gasteiger partial charge on any atom is -0.353 e. The monoisotopic (exact) mass is 296 g/mol. The summed E-state index contributed by atoms with van der Waals surface area (Å²) < 4.78 is 0. The van der Waals surface area contributed by atoms with E-state index < -0.39 is 0 Å². The van der Waals surface area contributed by atoms with E-state index in [-0.39, 0.29) is 23.9 Å². The van der Waals surface area contributed by atoms with Crippen LogP contribution in [0.3, 0.4) is 0 Å². The van der Waals surface area contributed by atoms with E-state index in [0.717, 1.165) is 25.7 Å². The maximum Gasteiger partial charge on any atom is 0.263 e. The van der Waals surface area contributed by atoms with Crippen LogP contribution in [-0.4, -0.2) is 35.4 Å². The van der Waals surface area contributed by atoms with Gasteiger partial charge in [-0.25, -0.2) is 0 Å². The molecule has 1 aromatic rings. The van der Waals surface area contributed by atoms with Crippen LogP contribution in [0.15, 0.2) is 11.7 Å². The standard InChI is InChI=1S/C13H20N4O2S/c14-6-5-12(18)16-9-1-3-10(4-2-9)17-13(19)11-7-15-8-20-11/h7-10H,1-6,14H2,(H,16,18)(H,17,19)/t9-,10-. The zero-order chi connectivity index (χ0) is 14.4. The van der Waals surface area contributed by atoms with Crippen LogP contribution in [0, 0.1) is 0 Å². The van der Waals surface area contributed by atoms with E-state index in [1.807, 2.05) is 0 Å². The van der Waals surface area contributed by atoms with Gasteiger partial charge < -0.3 is 16.4 Å². The predicted octanol–water partition coefficient (Wildman–Crippen LogP) is 0.649. The molecule has 0 radical (unpaired) electrons. The number of hydrogen-bond acceptors (Lipinski definition) is 5. The van der Waals surface area contributed by atoms with Crippen molar-refractivity contribution in [2.75, 3.05) is 6.54 Å². The number of aromatic nitrogens is 1. The molecule has 4 N–H and O–H groups in total. The molecule has 0 aromatic carbocycles. The van der Waals surface area contributed by atoms with E-state index in [1.165, 1.54) is 11.3 Å². The molecule has 7 heteroatoms. The quantitative estimate of drug-likeness (QED) is 0.743. The summed E-state index contributed by atoms with van der Waals surface area (Å²) in [6, 6.07) is 0.401. The molecule has 0 aliphatic heterocycles. The molecule has 2 rings (SSSR count). The first-order valence-electron chi connectivity index (χ1n) is 6.88. The van der Waals surface area contributed by atoms with Crippen molar-refractivity contribution < 1.29 is 9.59 Å². The van der Waals surface area contributed by atoms with E-state index in [2.05, 4.69) is 15.6 Å². The first kappa shape index (κ1) is 14.9. The Morgan fingerprint density at radius 2 is 1.90 bits per heavy atom. The van der Waals surface area contributed by atoms with Gasteiger partial charge in [-0.3, -0.25) is 14.6 Å². The van der Waals surface area contributed by atoms with Crippen molar-refractivity contribution >= 4 is 23.2 Å². The van der Waals surface area contributed by atoms with Gasteiger partial charge in [-0.2, -0.15) is 0 Å². The Hall–Kier alpha value is -1.47. The third-order valence-corrected chi connectivity index (χ3v) is 4.23. The molecule has 2 amide bonds. The van der Waals surface area contributed by atoms with Crippen molar-refractivity contribution in [1.29, 1.82) is 0 Å². The second-order valence-electron chi connectivity index (χ2n) is 4.99. The highest BCUT2D eigenvalue weighted by Crippen LogP contribution is 2.19. The van der Waals surface area contributed by atoms with Crippen LogP contribution in [0.25, 0.3) is 0 Å². The van der Waals surface area contributed by atoms with Gasteiger partial charge >= 0.3 is 0 Å². The Morgan fingerprint density at radius 1 is 1.25 bits per heavy atom. The van der Waals surface area contributed by atoms with Gasteiger partial charge in [-0.1, -0.05) is 0 Å². The molecule has 0 atom stereocenters. The van der Waals surface area contributed by atoms with Crippen LogP contribution in [-0.2, 0) is 4.79 Å². The van der Waals surface area contributed by atoms with Crippen LogP contribution in [0.4, 0.5) is 0 Å². The van der Waals surface area contributed by atoms with Crippen LogP contribution >= 0.6 is 11.3 Å². The molecule has 0 saturated heterocycles. The normalized spacial score (nSPS) is 22.2. The second kappa shape index (κ2) is 7.35. The predicted molar refractivity (Wildman–Crippen MR) is 77.4 cm³/mol.